The summed E-state index contributed by atoms with van der Waals surface area (Å²) >= 11 is 0. The molecule has 0 saturated heterocycles. The van der Waals surface area contributed by atoms with Gasteiger partial charge in [-0.05, 0) is 52.6 Å². The van der Waals surface area contributed by atoms with Gasteiger partial charge in [0.1, 0.15) is 11.2 Å². The maximum Gasteiger partial charge on any atom is 0.167 e. The minimum atomic E-state index is 0.559. The van der Waals surface area contributed by atoms with E-state index in [1.165, 1.54) is 27.5 Å². The molecule has 0 unspecified atom stereocenters. The molecule has 5 nitrogen and oxygen atoms in total. The Morgan fingerprint density at radius 2 is 0.875 bits per heavy atom. The Hall–Kier alpha value is -7.63. The molecule has 56 heavy (non-hydrogen) atoms. The summed E-state index contributed by atoms with van der Waals surface area (Å²) in [6.45, 7) is 0. The van der Waals surface area contributed by atoms with E-state index in [1.54, 1.807) is 0 Å². The van der Waals surface area contributed by atoms with Crippen molar-refractivity contribution >= 4 is 43.7 Å². The zero-order valence-electron chi connectivity index (χ0n) is 30.2. The zero-order chi connectivity index (χ0) is 37.0. The Balaban J connectivity index is 1.11. The second-order valence-corrected chi connectivity index (χ2v) is 14.0. The summed E-state index contributed by atoms with van der Waals surface area (Å²) in [5, 5.41) is 4.42. The molecule has 0 radical (unpaired) electrons. The Bertz CT molecular complexity index is 3160. The summed E-state index contributed by atoms with van der Waals surface area (Å²) in [4.78, 5) is 15.0. The number of aromatic nitrogens is 4. The van der Waals surface area contributed by atoms with Crippen LogP contribution in [-0.4, -0.2) is 19.5 Å². The molecule has 0 fully saturated rings. The van der Waals surface area contributed by atoms with Gasteiger partial charge in [-0.1, -0.05) is 164 Å². The molecular formula is C51H32N4O. The second kappa shape index (κ2) is 13.0. The van der Waals surface area contributed by atoms with Gasteiger partial charge in [0.25, 0.3) is 0 Å². The summed E-state index contributed by atoms with van der Waals surface area (Å²) in [6, 6.07) is 67.5. The molecule has 3 aromatic heterocycles. The largest absolute Gasteiger partial charge is 0.455 e. The van der Waals surface area contributed by atoms with Gasteiger partial charge in [0.05, 0.1) is 27.7 Å². The molecule has 262 valence electrons. The molecule has 0 aliphatic rings. The number of rotatable bonds is 6. The normalized spacial score (nSPS) is 11.6. The van der Waals surface area contributed by atoms with Crippen molar-refractivity contribution in [2.75, 3.05) is 0 Å². The molecule has 0 spiro atoms. The molecule has 11 aromatic rings. The lowest BCUT2D eigenvalue weighted by Crippen LogP contribution is -2.00. The molecule has 8 aromatic carbocycles. The molecular weight excluding hydrogens is 685 g/mol. The van der Waals surface area contributed by atoms with Crippen LogP contribution in [0.15, 0.2) is 199 Å². The maximum atomic E-state index is 6.82. The van der Waals surface area contributed by atoms with Crippen LogP contribution in [0, 0.1) is 0 Å². The van der Waals surface area contributed by atoms with Gasteiger partial charge >= 0.3 is 0 Å². The van der Waals surface area contributed by atoms with E-state index in [1.807, 2.05) is 66.7 Å². The van der Waals surface area contributed by atoms with E-state index in [9.17, 15) is 0 Å². The highest BCUT2D eigenvalue weighted by Gasteiger charge is 2.21. The molecule has 0 bridgehead atoms. The van der Waals surface area contributed by atoms with Crippen molar-refractivity contribution in [3.63, 3.8) is 0 Å². The lowest BCUT2D eigenvalue weighted by atomic mass is 9.99. The number of para-hydroxylation sites is 2. The summed E-state index contributed by atoms with van der Waals surface area (Å²) < 4.78 is 9.21. The number of hydrogen-bond acceptors (Lipinski definition) is 4. The first-order valence-electron chi connectivity index (χ1n) is 18.8. The smallest absolute Gasteiger partial charge is 0.167 e. The second-order valence-electron chi connectivity index (χ2n) is 14.0. The van der Waals surface area contributed by atoms with Crippen molar-refractivity contribution in [2.24, 2.45) is 0 Å². The van der Waals surface area contributed by atoms with Crippen LogP contribution in [0.4, 0.5) is 0 Å². The first-order valence-corrected chi connectivity index (χ1v) is 18.8. The van der Waals surface area contributed by atoms with Crippen molar-refractivity contribution in [3.05, 3.63) is 194 Å². The lowest BCUT2D eigenvalue weighted by Gasteiger charge is -2.11. The third kappa shape index (κ3) is 5.29. The molecule has 0 saturated carbocycles. The van der Waals surface area contributed by atoms with Crippen molar-refractivity contribution in [2.45, 2.75) is 0 Å². The first kappa shape index (κ1) is 31.9. The molecule has 5 heteroatoms. The highest BCUT2D eigenvalue weighted by molar-refractivity contribution is 6.16. The summed E-state index contributed by atoms with van der Waals surface area (Å²) in [5.74, 6) is 1.78. The van der Waals surface area contributed by atoms with Gasteiger partial charge in [-0.25, -0.2) is 15.0 Å². The van der Waals surface area contributed by atoms with Gasteiger partial charge < -0.3 is 8.98 Å². The number of nitrogens with zero attached hydrogens (tertiary/aromatic N) is 4. The molecule has 0 aliphatic heterocycles. The van der Waals surface area contributed by atoms with Crippen LogP contribution in [0.2, 0.25) is 0 Å². The summed E-state index contributed by atoms with van der Waals surface area (Å²) in [6.07, 6.45) is 0. The average Bonchev–Trinajstić information content (AvgIpc) is 3.83. The number of fused-ring (bicyclic) bond motifs is 6. The molecule has 3 heterocycles. The third-order valence-electron chi connectivity index (χ3n) is 10.7. The van der Waals surface area contributed by atoms with E-state index in [4.69, 9.17) is 19.4 Å². The minimum absolute atomic E-state index is 0.559. The van der Waals surface area contributed by atoms with Crippen LogP contribution in [0.25, 0.3) is 106 Å². The standard InChI is InChI=1S/C51H32N4O/c1-4-14-33(15-5-1)34-26-28-35(29-27-34)38-30-31-40-39-20-10-11-23-43(39)55(45(40)32-38)44-24-13-25-46-47(44)41-21-12-22-42(48(41)56-46)51-53-49(36-16-6-2-7-17-36)52-50(54-51)37-18-8-3-9-19-37/h1-32H. The van der Waals surface area contributed by atoms with Gasteiger partial charge in [0, 0.05) is 27.3 Å². The van der Waals surface area contributed by atoms with Crippen molar-refractivity contribution in [1.82, 2.24) is 19.5 Å². The van der Waals surface area contributed by atoms with Crippen LogP contribution in [0.5, 0.6) is 0 Å². The van der Waals surface area contributed by atoms with E-state index in [-0.39, 0.29) is 0 Å². The maximum absolute atomic E-state index is 6.82. The van der Waals surface area contributed by atoms with Gasteiger partial charge in [-0.3, -0.25) is 0 Å². The van der Waals surface area contributed by atoms with E-state index < -0.39 is 0 Å². The van der Waals surface area contributed by atoms with E-state index in [0.717, 1.165) is 60.9 Å². The topological polar surface area (TPSA) is 56.7 Å². The Labute approximate surface area is 322 Å². The molecule has 0 amide bonds. The predicted octanol–water partition coefficient (Wildman–Crippen LogP) is 13.2. The quantitative estimate of drug-likeness (QED) is 0.172. The monoisotopic (exact) mass is 716 g/mol. The molecule has 0 atom stereocenters. The van der Waals surface area contributed by atoms with Crippen molar-refractivity contribution in [1.29, 1.82) is 0 Å². The Morgan fingerprint density at radius 1 is 0.357 bits per heavy atom. The number of furan rings is 1. The molecule has 0 aliphatic carbocycles. The zero-order valence-corrected chi connectivity index (χ0v) is 30.2. The fraction of sp³-hybridized carbons (Fsp3) is 0. The van der Waals surface area contributed by atoms with Crippen LogP contribution in [0.3, 0.4) is 0 Å². The summed E-state index contributed by atoms with van der Waals surface area (Å²) in [5.41, 5.74) is 12.2. The van der Waals surface area contributed by atoms with Crippen LogP contribution in [-0.2, 0) is 0 Å². The molecule has 11 rings (SSSR count). The number of benzene rings is 8. The molecule has 0 N–H and O–H groups in total. The van der Waals surface area contributed by atoms with Gasteiger partial charge in [0.15, 0.2) is 17.5 Å². The third-order valence-corrected chi connectivity index (χ3v) is 10.7. The number of hydrogen-bond donors (Lipinski definition) is 0. The van der Waals surface area contributed by atoms with Crippen LogP contribution in [0.1, 0.15) is 0 Å². The fourth-order valence-electron chi connectivity index (χ4n) is 8.02. The SMILES string of the molecule is c1ccc(-c2ccc(-c3ccc4c5ccccc5n(-c5cccc6oc7c(-c8nc(-c9ccccc9)nc(-c9ccccc9)n8)cccc7c56)c4c3)cc2)cc1. The Kier molecular flexibility index (Phi) is 7.42. The highest BCUT2D eigenvalue weighted by Crippen LogP contribution is 2.42. The van der Waals surface area contributed by atoms with Crippen LogP contribution >= 0.6 is 0 Å². The van der Waals surface area contributed by atoms with Gasteiger partial charge in [0.2, 0.25) is 0 Å². The fourth-order valence-corrected chi connectivity index (χ4v) is 8.02. The van der Waals surface area contributed by atoms with E-state index in [2.05, 4.69) is 132 Å². The average molecular weight is 717 g/mol. The lowest BCUT2D eigenvalue weighted by molar-refractivity contribution is 0.669. The first-order chi connectivity index (χ1) is 27.8. The van der Waals surface area contributed by atoms with Gasteiger partial charge in [-0.15, -0.1) is 0 Å². The Morgan fingerprint density at radius 3 is 1.57 bits per heavy atom. The van der Waals surface area contributed by atoms with E-state index >= 15 is 0 Å². The minimum Gasteiger partial charge on any atom is -0.455 e. The van der Waals surface area contributed by atoms with Gasteiger partial charge in [-0.2, -0.15) is 0 Å². The van der Waals surface area contributed by atoms with E-state index in [0.29, 0.717) is 17.5 Å². The predicted molar refractivity (Wildman–Crippen MR) is 229 cm³/mol. The highest BCUT2D eigenvalue weighted by atomic mass is 16.3. The van der Waals surface area contributed by atoms with Crippen molar-refractivity contribution < 1.29 is 4.42 Å². The summed E-state index contributed by atoms with van der Waals surface area (Å²) in [7, 11) is 0. The van der Waals surface area contributed by atoms with Crippen LogP contribution < -0.4 is 0 Å². The van der Waals surface area contributed by atoms with Crippen molar-refractivity contribution in [3.8, 4) is 62.1 Å².